The molecule has 1 N–H and O–H groups in total. The summed E-state index contributed by atoms with van der Waals surface area (Å²) in [5, 5.41) is 3.59. The van der Waals surface area contributed by atoms with Gasteiger partial charge in [0.25, 0.3) is 0 Å². The lowest BCUT2D eigenvalue weighted by atomic mass is 9.99. The van der Waals surface area contributed by atoms with E-state index in [-0.39, 0.29) is 0 Å². The van der Waals surface area contributed by atoms with Crippen LogP contribution in [0.2, 0.25) is 0 Å². The molecule has 0 bridgehead atoms. The molecule has 1 aromatic rings. The summed E-state index contributed by atoms with van der Waals surface area (Å²) < 4.78 is 2.27. The number of aromatic nitrogens is 1. The van der Waals surface area contributed by atoms with E-state index in [1.807, 2.05) is 0 Å². The fraction of sp³-hybridized carbons (Fsp3) is 0.765. The Morgan fingerprint density at radius 1 is 1.25 bits per heavy atom. The third kappa shape index (κ3) is 4.10. The SMILES string of the molecule is Cc1cc(CNCCCN2CCC(C)CC2)c(C)n1C. The van der Waals surface area contributed by atoms with Crippen LogP contribution in [0, 0.1) is 19.8 Å². The minimum atomic E-state index is 0.939. The molecule has 0 unspecified atom stereocenters. The summed E-state index contributed by atoms with van der Waals surface area (Å²) in [6.07, 6.45) is 4.03. The van der Waals surface area contributed by atoms with Crippen molar-refractivity contribution in [3.63, 3.8) is 0 Å². The Bertz CT molecular complexity index is 414. The molecule has 2 rings (SSSR count). The molecule has 1 aliphatic rings. The minimum Gasteiger partial charge on any atom is -0.352 e. The van der Waals surface area contributed by atoms with Gasteiger partial charge in [0.05, 0.1) is 0 Å². The third-order valence-electron chi connectivity index (χ3n) is 4.90. The van der Waals surface area contributed by atoms with Crippen LogP contribution in [-0.2, 0) is 13.6 Å². The van der Waals surface area contributed by atoms with Crippen LogP contribution in [0.3, 0.4) is 0 Å². The molecule has 0 amide bonds. The average molecular weight is 277 g/mol. The van der Waals surface area contributed by atoms with E-state index in [2.05, 4.69) is 48.7 Å². The molecule has 2 heterocycles. The van der Waals surface area contributed by atoms with Gasteiger partial charge in [-0.1, -0.05) is 6.92 Å². The van der Waals surface area contributed by atoms with Gasteiger partial charge in [-0.3, -0.25) is 0 Å². The smallest absolute Gasteiger partial charge is 0.0223 e. The van der Waals surface area contributed by atoms with Crippen LogP contribution in [0.15, 0.2) is 6.07 Å². The summed E-state index contributed by atoms with van der Waals surface area (Å²) in [7, 11) is 2.14. The molecule has 20 heavy (non-hydrogen) atoms. The zero-order valence-corrected chi connectivity index (χ0v) is 13.7. The lowest BCUT2D eigenvalue weighted by Crippen LogP contribution is -2.34. The van der Waals surface area contributed by atoms with Gasteiger partial charge in [-0.25, -0.2) is 0 Å². The molecular weight excluding hydrogens is 246 g/mol. The van der Waals surface area contributed by atoms with E-state index in [4.69, 9.17) is 0 Å². The first-order valence-corrected chi connectivity index (χ1v) is 8.12. The number of rotatable bonds is 6. The molecule has 0 aromatic carbocycles. The van der Waals surface area contributed by atoms with E-state index in [1.165, 1.54) is 55.8 Å². The summed E-state index contributed by atoms with van der Waals surface area (Å²) in [4.78, 5) is 2.62. The van der Waals surface area contributed by atoms with E-state index in [0.29, 0.717) is 0 Å². The van der Waals surface area contributed by atoms with Crippen molar-refractivity contribution in [1.29, 1.82) is 0 Å². The van der Waals surface area contributed by atoms with Crippen LogP contribution in [0.5, 0.6) is 0 Å². The lowest BCUT2D eigenvalue weighted by molar-refractivity contribution is 0.190. The predicted molar refractivity (Wildman–Crippen MR) is 86.0 cm³/mol. The molecule has 1 saturated heterocycles. The van der Waals surface area contributed by atoms with E-state index in [0.717, 1.165) is 19.0 Å². The van der Waals surface area contributed by atoms with Gasteiger partial charge >= 0.3 is 0 Å². The van der Waals surface area contributed by atoms with Gasteiger partial charge in [0.15, 0.2) is 0 Å². The van der Waals surface area contributed by atoms with Gasteiger partial charge in [0.1, 0.15) is 0 Å². The van der Waals surface area contributed by atoms with Crippen molar-refractivity contribution < 1.29 is 0 Å². The number of hydrogen-bond acceptors (Lipinski definition) is 2. The highest BCUT2D eigenvalue weighted by Gasteiger charge is 2.14. The molecule has 1 aliphatic heterocycles. The molecule has 1 aromatic heterocycles. The maximum Gasteiger partial charge on any atom is 0.0223 e. The van der Waals surface area contributed by atoms with Crippen molar-refractivity contribution >= 4 is 0 Å². The molecule has 3 nitrogen and oxygen atoms in total. The topological polar surface area (TPSA) is 20.2 Å². The van der Waals surface area contributed by atoms with Crippen molar-refractivity contribution in [2.75, 3.05) is 26.2 Å². The van der Waals surface area contributed by atoms with Crippen LogP contribution in [0.1, 0.15) is 43.1 Å². The average Bonchev–Trinajstić information content (AvgIpc) is 2.68. The van der Waals surface area contributed by atoms with Crippen molar-refractivity contribution in [2.45, 2.75) is 46.6 Å². The van der Waals surface area contributed by atoms with Crippen molar-refractivity contribution in [2.24, 2.45) is 13.0 Å². The summed E-state index contributed by atoms with van der Waals surface area (Å²) in [5.74, 6) is 0.939. The van der Waals surface area contributed by atoms with Gasteiger partial charge in [-0.15, -0.1) is 0 Å². The molecule has 114 valence electrons. The van der Waals surface area contributed by atoms with Crippen LogP contribution < -0.4 is 5.32 Å². The molecule has 0 saturated carbocycles. The zero-order chi connectivity index (χ0) is 14.5. The number of piperidine rings is 1. The predicted octanol–water partition coefficient (Wildman–Crippen LogP) is 2.85. The van der Waals surface area contributed by atoms with E-state index in [1.54, 1.807) is 0 Å². The number of aryl methyl sites for hydroxylation is 1. The molecule has 0 atom stereocenters. The molecule has 0 aliphatic carbocycles. The summed E-state index contributed by atoms with van der Waals surface area (Å²) in [6, 6.07) is 2.30. The Hall–Kier alpha value is -0.800. The maximum atomic E-state index is 3.59. The van der Waals surface area contributed by atoms with Gasteiger partial charge in [-0.2, -0.15) is 0 Å². The Kier molecular flexibility index (Phi) is 5.67. The first-order chi connectivity index (χ1) is 9.58. The normalized spacial score (nSPS) is 17.8. The Morgan fingerprint density at radius 3 is 2.55 bits per heavy atom. The van der Waals surface area contributed by atoms with E-state index >= 15 is 0 Å². The minimum absolute atomic E-state index is 0.939. The number of nitrogens with zero attached hydrogens (tertiary/aromatic N) is 2. The highest BCUT2D eigenvalue weighted by atomic mass is 15.1. The quantitative estimate of drug-likeness (QED) is 0.807. The van der Waals surface area contributed by atoms with Crippen molar-refractivity contribution in [3.8, 4) is 0 Å². The third-order valence-corrected chi connectivity index (χ3v) is 4.90. The maximum absolute atomic E-state index is 3.59. The molecular formula is C17H31N3. The van der Waals surface area contributed by atoms with Crippen molar-refractivity contribution in [3.05, 3.63) is 23.0 Å². The Morgan fingerprint density at radius 2 is 1.95 bits per heavy atom. The second-order valence-corrected chi connectivity index (χ2v) is 6.51. The van der Waals surface area contributed by atoms with Crippen LogP contribution in [-0.4, -0.2) is 35.6 Å². The van der Waals surface area contributed by atoms with Crippen LogP contribution >= 0.6 is 0 Å². The van der Waals surface area contributed by atoms with E-state index in [9.17, 15) is 0 Å². The van der Waals surface area contributed by atoms with Crippen LogP contribution in [0.25, 0.3) is 0 Å². The molecule has 1 fully saturated rings. The van der Waals surface area contributed by atoms with E-state index < -0.39 is 0 Å². The first kappa shape index (κ1) is 15.6. The highest BCUT2D eigenvalue weighted by molar-refractivity contribution is 5.26. The van der Waals surface area contributed by atoms with Crippen molar-refractivity contribution in [1.82, 2.24) is 14.8 Å². The number of nitrogens with one attached hydrogen (secondary N) is 1. The standard InChI is InChI=1S/C17H31N3/c1-14-6-10-20(11-7-14)9-5-8-18-13-17-12-15(2)19(4)16(17)3/h12,14,18H,5-11,13H2,1-4H3. The summed E-state index contributed by atoms with van der Waals surface area (Å²) >= 11 is 0. The number of likely N-dealkylation sites (tertiary alicyclic amines) is 1. The van der Waals surface area contributed by atoms with Gasteiger partial charge in [0.2, 0.25) is 0 Å². The van der Waals surface area contributed by atoms with Gasteiger partial charge in [-0.05, 0) is 76.8 Å². The van der Waals surface area contributed by atoms with Gasteiger partial charge < -0.3 is 14.8 Å². The Balaban J connectivity index is 1.61. The second kappa shape index (κ2) is 7.28. The summed E-state index contributed by atoms with van der Waals surface area (Å²) in [6.45, 7) is 12.8. The second-order valence-electron chi connectivity index (χ2n) is 6.51. The fourth-order valence-corrected chi connectivity index (χ4v) is 3.05. The molecule has 0 spiro atoms. The molecule has 3 heteroatoms. The lowest BCUT2D eigenvalue weighted by Gasteiger charge is -2.30. The van der Waals surface area contributed by atoms with Crippen LogP contribution in [0.4, 0.5) is 0 Å². The fourth-order valence-electron chi connectivity index (χ4n) is 3.05. The molecule has 0 radical (unpaired) electrons. The Labute approximate surface area is 124 Å². The zero-order valence-electron chi connectivity index (χ0n) is 13.7. The monoisotopic (exact) mass is 277 g/mol. The largest absolute Gasteiger partial charge is 0.352 e. The highest BCUT2D eigenvalue weighted by Crippen LogP contribution is 2.16. The van der Waals surface area contributed by atoms with Gasteiger partial charge in [0, 0.05) is 25.0 Å². The summed E-state index contributed by atoms with van der Waals surface area (Å²) in [5.41, 5.74) is 4.18. The first-order valence-electron chi connectivity index (χ1n) is 8.12. The number of hydrogen-bond donors (Lipinski definition) is 1.